The van der Waals surface area contributed by atoms with Crippen LogP contribution < -0.4 is 0 Å². The van der Waals surface area contributed by atoms with Gasteiger partial charge in [-0.3, -0.25) is 0 Å². The molecule has 9 heavy (non-hydrogen) atoms. The molecule has 1 heterocycles. The summed E-state index contributed by atoms with van der Waals surface area (Å²) in [6.07, 6.45) is 1.73. The van der Waals surface area contributed by atoms with Gasteiger partial charge in [-0.1, -0.05) is 24.9 Å². The monoisotopic (exact) mass is 137 g/mol. The van der Waals surface area contributed by atoms with Crippen molar-refractivity contribution in [2.75, 3.05) is 0 Å². The van der Waals surface area contributed by atoms with Crippen LogP contribution in [0.2, 0.25) is 0 Å². The fraction of sp³-hybridized carbons (Fsp3) is 0. The molecule has 0 aromatic carbocycles. The maximum absolute atomic E-state index is 4.86. The highest BCUT2D eigenvalue weighted by atomic mass is 32.1. The summed E-state index contributed by atoms with van der Waals surface area (Å²) in [5.41, 5.74) is 0.961. The highest BCUT2D eigenvalue weighted by Gasteiger charge is 1.79. The molecule has 1 aromatic rings. The smallest absolute Gasteiger partial charge is 0.103 e. The molecule has 0 saturated carbocycles. The molecule has 1 aromatic heterocycles. The Labute approximate surface area is 59.1 Å². The van der Waals surface area contributed by atoms with Crippen LogP contribution >= 0.6 is 12.2 Å². The lowest BCUT2D eigenvalue weighted by Gasteiger charge is -1.89. The predicted octanol–water partition coefficient (Wildman–Crippen LogP) is 2.39. The normalized spacial score (nSPS) is 8.89. The van der Waals surface area contributed by atoms with Gasteiger partial charge in [-0.2, -0.15) is 0 Å². The molecule has 0 bridgehead atoms. The van der Waals surface area contributed by atoms with E-state index in [4.69, 9.17) is 12.2 Å². The predicted molar refractivity (Wildman–Crippen MR) is 41.7 cm³/mol. The minimum Gasteiger partial charge on any atom is -0.347 e. The number of hydrogen-bond acceptors (Lipinski definition) is 1. The molecule has 0 fully saturated rings. The van der Waals surface area contributed by atoms with Gasteiger partial charge in [0, 0.05) is 5.69 Å². The van der Waals surface area contributed by atoms with E-state index in [1.807, 2.05) is 18.2 Å². The molecule has 0 amide bonds. The summed E-state index contributed by atoms with van der Waals surface area (Å²) in [7, 11) is 0. The molecule has 2 heteroatoms. The van der Waals surface area contributed by atoms with Crippen LogP contribution in [0.15, 0.2) is 24.8 Å². The van der Waals surface area contributed by atoms with E-state index in [0.717, 1.165) is 10.3 Å². The zero-order chi connectivity index (χ0) is 6.69. The summed E-state index contributed by atoms with van der Waals surface area (Å²) >= 11 is 4.86. The Morgan fingerprint density at radius 2 is 2.33 bits per heavy atom. The van der Waals surface area contributed by atoms with E-state index in [1.54, 1.807) is 6.08 Å². The van der Waals surface area contributed by atoms with E-state index in [0.29, 0.717) is 0 Å². The van der Waals surface area contributed by atoms with Crippen molar-refractivity contribution in [1.29, 1.82) is 0 Å². The molecule has 1 rings (SSSR count). The second-order valence-corrected chi connectivity index (χ2v) is 2.11. The third-order valence-electron chi connectivity index (χ3n) is 1.01. The van der Waals surface area contributed by atoms with E-state index in [9.17, 15) is 0 Å². The van der Waals surface area contributed by atoms with Gasteiger partial charge in [-0.05, 0) is 18.2 Å². The highest BCUT2D eigenvalue weighted by Crippen LogP contribution is 1.94. The summed E-state index contributed by atoms with van der Waals surface area (Å²) in [6, 6.07) is 5.65. The summed E-state index contributed by atoms with van der Waals surface area (Å²) in [5.74, 6) is 0. The van der Waals surface area contributed by atoms with Crippen molar-refractivity contribution in [3.8, 4) is 0 Å². The van der Waals surface area contributed by atoms with Gasteiger partial charge in [-0.25, -0.2) is 0 Å². The summed E-state index contributed by atoms with van der Waals surface area (Å²) in [6.45, 7) is 3.59. The summed E-state index contributed by atoms with van der Waals surface area (Å²) < 4.78 is 0.743. The number of hydrogen-bond donors (Lipinski definition) is 1. The van der Waals surface area contributed by atoms with Gasteiger partial charge in [-0.15, -0.1) is 0 Å². The molecular weight excluding hydrogens is 130 g/mol. The lowest BCUT2D eigenvalue weighted by atomic mass is 10.3. The van der Waals surface area contributed by atoms with Crippen molar-refractivity contribution in [2.24, 2.45) is 0 Å². The van der Waals surface area contributed by atoms with Gasteiger partial charge in [0.1, 0.15) is 4.64 Å². The SMILES string of the molecule is C=Cc1cccc(=S)[nH]1. The van der Waals surface area contributed by atoms with Crippen molar-refractivity contribution >= 4 is 18.3 Å². The molecule has 0 radical (unpaired) electrons. The average molecular weight is 137 g/mol. The van der Waals surface area contributed by atoms with E-state index in [1.165, 1.54) is 0 Å². The number of nitrogens with one attached hydrogen (secondary N) is 1. The van der Waals surface area contributed by atoms with Gasteiger partial charge in [0.2, 0.25) is 0 Å². The van der Waals surface area contributed by atoms with E-state index >= 15 is 0 Å². The molecule has 0 saturated heterocycles. The average Bonchev–Trinajstić information content (AvgIpc) is 1.88. The zero-order valence-electron chi connectivity index (χ0n) is 4.92. The van der Waals surface area contributed by atoms with Crippen LogP contribution in [0.25, 0.3) is 6.08 Å². The second kappa shape index (κ2) is 2.60. The highest BCUT2D eigenvalue weighted by molar-refractivity contribution is 7.71. The Kier molecular flexibility index (Phi) is 1.80. The lowest BCUT2D eigenvalue weighted by Crippen LogP contribution is -1.76. The first-order valence-electron chi connectivity index (χ1n) is 2.65. The topological polar surface area (TPSA) is 15.8 Å². The Balaban J connectivity index is 3.23. The molecule has 0 atom stereocenters. The second-order valence-electron chi connectivity index (χ2n) is 1.67. The first kappa shape index (κ1) is 6.23. The molecule has 1 N–H and O–H groups in total. The molecule has 0 aliphatic heterocycles. The number of aromatic amines is 1. The van der Waals surface area contributed by atoms with Crippen molar-refractivity contribution in [3.63, 3.8) is 0 Å². The largest absolute Gasteiger partial charge is 0.347 e. The number of aromatic nitrogens is 1. The van der Waals surface area contributed by atoms with Gasteiger partial charge in [0.05, 0.1) is 0 Å². The fourth-order valence-electron chi connectivity index (χ4n) is 0.584. The lowest BCUT2D eigenvalue weighted by molar-refractivity contribution is 1.27. The number of pyridine rings is 1. The maximum atomic E-state index is 4.86. The molecule has 0 aliphatic carbocycles. The van der Waals surface area contributed by atoms with Crippen molar-refractivity contribution in [3.05, 3.63) is 35.1 Å². The van der Waals surface area contributed by atoms with Crippen LogP contribution in [0.4, 0.5) is 0 Å². The molecular formula is C7H7NS. The van der Waals surface area contributed by atoms with Crippen LogP contribution in [0.1, 0.15) is 5.69 Å². The van der Waals surface area contributed by atoms with Gasteiger partial charge in [0.25, 0.3) is 0 Å². The van der Waals surface area contributed by atoms with Crippen LogP contribution in [0.3, 0.4) is 0 Å². The van der Waals surface area contributed by atoms with E-state index in [2.05, 4.69) is 11.6 Å². The fourth-order valence-corrected chi connectivity index (χ4v) is 0.780. The zero-order valence-corrected chi connectivity index (χ0v) is 5.74. The van der Waals surface area contributed by atoms with E-state index in [-0.39, 0.29) is 0 Å². The Morgan fingerprint density at radius 3 is 2.78 bits per heavy atom. The summed E-state index contributed by atoms with van der Waals surface area (Å²) in [4.78, 5) is 2.95. The van der Waals surface area contributed by atoms with Crippen LogP contribution in [0.5, 0.6) is 0 Å². The van der Waals surface area contributed by atoms with Gasteiger partial charge < -0.3 is 4.98 Å². The van der Waals surface area contributed by atoms with Crippen LogP contribution in [-0.4, -0.2) is 4.98 Å². The third-order valence-corrected chi connectivity index (χ3v) is 1.25. The summed E-state index contributed by atoms with van der Waals surface area (Å²) in [5, 5.41) is 0. The Bertz CT molecular complexity index is 262. The van der Waals surface area contributed by atoms with Gasteiger partial charge >= 0.3 is 0 Å². The van der Waals surface area contributed by atoms with Gasteiger partial charge in [0.15, 0.2) is 0 Å². The van der Waals surface area contributed by atoms with Crippen LogP contribution in [-0.2, 0) is 0 Å². The van der Waals surface area contributed by atoms with Crippen molar-refractivity contribution < 1.29 is 0 Å². The minimum absolute atomic E-state index is 0.743. The quantitative estimate of drug-likeness (QED) is 0.587. The first-order chi connectivity index (χ1) is 4.33. The first-order valence-corrected chi connectivity index (χ1v) is 3.05. The number of rotatable bonds is 1. The minimum atomic E-state index is 0.743. The molecule has 0 unspecified atom stereocenters. The van der Waals surface area contributed by atoms with Crippen LogP contribution in [0, 0.1) is 4.64 Å². The Morgan fingerprint density at radius 1 is 1.56 bits per heavy atom. The maximum Gasteiger partial charge on any atom is 0.103 e. The molecule has 1 nitrogen and oxygen atoms in total. The molecule has 0 spiro atoms. The van der Waals surface area contributed by atoms with Crippen molar-refractivity contribution in [1.82, 2.24) is 4.98 Å². The van der Waals surface area contributed by atoms with E-state index < -0.39 is 0 Å². The molecule has 46 valence electrons. The Hall–Kier alpha value is -0.890. The third kappa shape index (κ3) is 1.50. The molecule has 0 aliphatic rings. The van der Waals surface area contributed by atoms with Crippen molar-refractivity contribution in [2.45, 2.75) is 0 Å². The standard InChI is InChI=1S/C7H7NS/c1-2-6-4-3-5-7(9)8-6/h2-5H,1H2,(H,8,9). The number of H-pyrrole nitrogens is 1.